The Morgan fingerprint density at radius 1 is 1.18 bits per heavy atom. The number of benzene rings is 1. The van der Waals surface area contributed by atoms with Crippen molar-refractivity contribution < 1.29 is 9.21 Å². The Balaban J connectivity index is 1.91. The third kappa shape index (κ3) is 3.29. The van der Waals surface area contributed by atoms with Gasteiger partial charge in [0.25, 0.3) is 0 Å². The minimum atomic E-state index is 0.125. The molecule has 1 aromatic heterocycles. The van der Waals surface area contributed by atoms with Crippen molar-refractivity contribution in [3.05, 3.63) is 60.1 Å². The highest BCUT2D eigenvalue weighted by molar-refractivity contribution is 5.97. The summed E-state index contributed by atoms with van der Waals surface area (Å²) in [6.45, 7) is 1.04. The van der Waals surface area contributed by atoms with Crippen LogP contribution in [-0.2, 0) is 6.54 Å². The fourth-order valence-corrected chi connectivity index (χ4v) is 1.68. The van der Waals surface area contributed by atoms with E-state index in [1.165, 1.54) is 0 Å². The number of Topliss-reactive ketones (excluding diaryl/α,β-unsaturated/α-hetero) is 1. The van der Waals surface area contributed by atoms with Gasteiger partial charge in [-0.05, 0) is 19.2 Å². The molecule has 0 fully saturated rings. The number of hydrogen-bond acceptors (Lipinski definition) is 3. The first-order valence-electron chi connectivity index (χ1n) is 5.55. The Morgan fingerprint density at radius 3 is 2.59 bits per heavy atom. The second-order valence-corrected chi connectivity index (χ2v) is 4.04. The predicted molar refractivity (Wildman–Crippen MR) is 65.8 cm³/mol. The van der Waals surface area contributed by atoms with Crippen molar-refractivity contribution in [1.29, 1.82) is 0 Å². The maximum Gasteiger partial charge on any atom is 0.176 e. The summed E-state index contributed by atoms with van der Waals surface area (Å²) in [5.74, 6) is 0.994. The molecule has 0 amide bonds. The maximum atomic E-state index is 11.9. The Kier molecular flexibility index (Phi) is 3.73. The van der Waals surface area contributed by atoms with E-state index in [0.717, 1.165) is 11.3 Å². The quantitative estimate of drug-likeness (QED) is 0.739. The molecular weight excluding hydrogens is 214 g/mol. The summed E-state index contributed by atoms with van der Waals surface area (Å²) in [5, 5.41) is 0. The lowest BCUT2D eigenvalue weighted by Crippen LogP contribution is -2.25. The van der Waals surface area contributed by atoms with E-state index in [-0.39, 0.29) is 5.78 Å². The van der Waals surface area contributed by atoms with Crippen LogP contribution in [0.25, 0.3) is 0 Å². The first kappa shape index (κ1) is 11.6. The van der Waals surface area contributed by atoms with Crippen molar-refractivity contribution in [2.24, 2.45) is 0 Å². The van der Waals surface area contributed by atoms with Gasteiger partial charge < -0.3 is 4.42 Å². The molecule has 0 aliphatic heterocycles. The van der Waals surface area contributed by atoms with Crippen molar-refractivity contribution in [3.8, 4) is 0 Å². The standard InChI is InChI=1S/C14H15NO2/c1-15(10-13-8-5-9-17-13)11-14(16)12-6-3-2-4-7-12/h2-9H,10-11H2,1H3. The monoisotopic (exact) mass is 229 g/mol. The van der Waals surface area contributed by atoms with Crippen molar-refractivity contribution in [3.63, 3.8) is 0 Å². The molecular formula is C14H15NO2. The Morgan fingerprint density at radius 2 is 1.94 bits per heavy atom. The Labute approximate surface area is 101 Å². The van der Waals surface area contributed by atoms with Crippen LogP contribution in [0.3, 0.4) is 0 Å². The lowest BCUT2D eigenvalue weighted by Gasteiger charge is -2.13. The van der Waals surface area contributed by atoms with Gasteiger partial charge in [0.05, 0.1) is 19.4 Å². The van der Waals surface area contributed by atoms with Crippen molar-refractivity contribution in [2.75, 3.05) is 13.6 Å². The molecule has 2 aromatic rings. The summed E-state index contributed by atoms with van der Waals surface area (Å²) in [6.07, 6.45) is 1.64. The molecule has 0 aliphatic carbocycles. The molecule has 0 radical (unpaired) electrons. The average molecular weight is 229 g/mol. The number of hydrogen-bond donors (Lipinski definition) is 0. The second kappa shape index (κ2) is 5.46. The highest BCUT2D eigenvalue weighted by atomic mass is 16.3. The van der Waals surface area contributed by atoms with Crippen molar-refractivity contribution >= 4 is 5.78 Å². The third-order valence-corrected chi connectivity index (χ3v) is 2.52. The van der Waals surface area contributed by atoms with E-state index in [2.05, 4.69) is 0 Å². The second-order valence-electron chi connectivity index (χ2n) is 4.04. The number of furan rings is 1. The van der Waals surface area contributed by atoms with E-state index in [9.17, 15) is 4.79 Å². The lowest BCUT2D eigenvalue weighted by atomic mass is 10.1. The summed E-state index contributed by atoms with van der Waals surface area (Å²) in [7, 11) is 1.91. The van der Waals surface area contributed by atoms with Gasteiger partial charge >= 0.3 is 0 Å². The molecule has 0 N–H and O–H groups in total. The largest absolute Gasteiger partial charge is 0.468 e. The Bertz CT molecular complexity index is 462. The van der Waals surface area contributed by atoms with E-state index in [1.807, 2.05) is 54.4 Å². The van der Waals surface area contributed by atoms with Crippen molar-refractivity contribution in [1.82, 2.24) is 4.90 Å². The van der Waals surface area contributed by atoms with Gasteiger partial charge in [0.2, 0.25) is 0 Å². The summed E-state index contributed by atoms with van der Waals surface area (Å²) < 4.78 is 5.24. The molecule has 0 bridgehead atoms. The summed E-state index contributed by atoms with van der Waals surface area (Å²) in [6, 6.07) is 13.1. The van der Waals surface area contributed by atoms with Crippen LogP contribution >= 0.6 is 0 Å². The molecule has 0 saturated carbocycles. The van der Waals surface area contributed by atoms with E-state index < -0.39 is 0 Å². The van der Waals surface area contributed by atoms with Crippen LogP contribution in [0.15, 0.2) is 53.1 Å². The third-order valence-electron chi connectivity index (χ3n) is 2.52. The highest BCUT2D eigenvalue weighted by Gasteiger charge is 2.09. The Hall–Kier alpha value is -1.87. The number of carbonyl (C=O) groups excluding carboxylic acids is 1. The van der Waals surface area contributed by atoms with Gasteiger partial charge in [-0.25, -0.2) is 0 Å². The smallest absolute Gasteiger partial charge is 0.176 e. The van der Waals surface area contributed by atoms with Crippen LogP contribution in [0, 0.1) is 0 Å². The van der Waals surface area contributed by atoms with Crippen LogP contribution in [0.5, 0.6) is 0 Å². The van der Waals surface area contributed by atoms with Gasteiger partial charge in [-0.3, -0.25) is 9.69 Å². The molecule has 2 rings (SSSR count). The van der Waals surface area contributed by atoms with E-state index in [4.69, 9.17) is 4.42 Å². The molecule has 0 spiro atoms. The van der Waals surface area contributed by atoms with Crippen LogP contribution in [0.1, 0.15) is 16.1 Å². The molecule has 3 nitrogen and oxygen atoms in total. The average Bonchev–Trinajstić information content (AvgIpc) is 2.82. The molecule has 0 aliphatic rings. The summed E-state index contributed by atoms with van der Waals surface area (Å²) in [5.41, 5.74) is 0.749. The minimum absolute atomic E-state index is 0.125. The first-order valence-corrected chi connectivity index (χ1v) is 5.55. The van der Waals surface area contributed by atoms with Crippen LogP contribution < -0.4 is 0 Å². The topological polar surface area (TPSA) is 33.5 Å². The maximum absolute atomic E-state index is 11.9. The van der Waals surface area contributed by atoms with Gasteiger partial charge in [0.1, 0.15) is 5.76 Å². The number of carbonyl (C=O) groups is 1. The molecule has 17 heavy (non-hydrogen) atoms. The lowest BCUT2D eigenvalue weighted by molar-refractivity contribution is 0.0939. The van der Waals surface area contributed by atoms with E-state index in [1.54, 1.807) is 6.26 Å². The number of rotatable bonds is 5. The normalized spacial score (nSPS) is 10.7. The summed E-state index contributed by atoms with van der Waals surface area (Å²) in [4.78, 5) is 13.8. The zero-order valence-corrected chi connectivity index (χ0v) is 9.80. The predicted octanol–water partition coefficient (Wildman–Crippen LogP) is 2.59. The molecule has 0 atom stereocenters. The van der Waals surface area contributed by atoms with E-state index >= 15 is 0 Å². The number of nitrogens with zero attached hydrogens (tertiary/aromatic N) is 1. The van der Waals surface area contributed by atoms with Crippen LogP contribution in [0.2, 0.25) is 0 Å². The van der Waals surface area contributed by atoms with Crippen molar-refractivity contribution in [2.45, 2.75) is 6.54 Å². The first-order chi connectivity index (χ1) is 8.25. The number of likely N-dealkylation sites (N-methyl/N-ethyl adjacent to an activating group) is 1. The molecule has 1 aromatic carbocycles. The fourth-order valence-electron chi connectivity index (χ4n) is 1.68. The van der Waals surface area contributed by atoms with Gasteiger partial charge in [0.15, 0.2) is 5.78 Å². The van der Waals surface area contributed by atoms with E-state index in [0.29, 0.717) is 13.1 Å². The summed E-state index contributed by atoms with van der Waals surface area (Å²) >= 11 is 0. The molecule has 0 saturated heterocycles. The van der Waals surface area contributed by atoms with Gasteiger partial charge in [-0.15, -0.1) is 0 Å². The van der Waals surface area contributed by atoms with Gasteiger partial charge in [0, 0.05) is 5.56 Å². The molecule has 88 valence electrons. The van der Waals surface area contributed by atoms with Gasteiger partial charge in [-0.1, -0.05) is 30.3 Å². The molecule has 1 heterocycles. The van der Waals surface area contributed by atoms with Crippen LogP contribution in [0.4, 0.5) is 0 Å². The minimum Gasteiger partial charge on any atom is -0.468 e. The van der Waals surface area contributed by atoms with Crippen LogP contribution in [-0.4, -0.2) is 24.3 Å². The fraction of sp³-hybridized carbons (Fsp3) is 0.214. The zero-order valence-electron chi connectivity index (χ0n) is 9.80. The zero-order chi connectivity index (χ0) is 12.1. The number of ketones is 1. The molecule has 0 unspecified atom stereocenters. The highest BCUT2D eigenvalue weighted by Crippen LogP contribution is 2.06. The SMILES string of the molecule is CN(CC(=O)c1ccccc1)Cc1ccco1. The van der Waals surface area contributed by atoms with Gasteiger partial charge in [-0.2, -0.15) is 0 Å². The molecule has 3 heteroatoms.